The van der Waals surface area contributed by atoms with E-state index in [4.69, 9.17) is 4.74 Å². The Morgan fingerprint density at radius 3 is 2.92 bits per heavy atom. The minimum atomic E-state index is -0.368. The van der Waals surface area contributed by atoms with Crippen LogP contribution in [0.4, 0.5) is 0 Å². The monoisotopic (exact) mass is 357 g/mol. The van der Waals surface area contributed by atoms with Crippen molar-refractivity contribution < 1.29 is 14.3 Å². The summed E-state index contributed by atoms with van der Waals surface area (Å²) in [5.41, 5.74) is 0.818. The van der Waals surface area contributed by atoms with Crippen LogP contribution in [0.5, 0.6) is 0 Å². The van der Waals surface area contributed by atoms with Gasteiger partial charge in [0.25, 0.3) is 5.91 Å². The number of aromatic nitrogens is 1. The highest BCUT2D eigenvalue weighted by Crippen LogP contribution is 2.42. The number of nitrogens with zero attached hydrogens (tertiary/aromatic N) is 3. The Bertz CT molecular complexity index is 703. The fourth-order valence-electron chi connectivity index (χ4n) is 4.35. The second kappa shape index (κ2) is 6.99. The average molecular weight is 357 g/mol. The Hall–Kier alpha value is -1.95. The zero-order chi connectivity index (χ0) is 18.1. The molecule has 0 N–H and O–H groups in total. The highest BCUT2D eigenvalue weighted by molar-refractivity contribution is 5.94. The molecule has 4 rings (SSSR count). The summed E-state index contributed by atoms with van der Waals surface area (Å²) in [6.07, 6.45) is 5.22. The number of hydrogen-bond donors (Lipinski definition) is 0. The smallest absolute Gasteiger partial charge is 0.272 e. The first-order valence-corrected chi connectivity index (χ1v) is 9.65. The maximum Gasteiger partial charge on any atom is 0.272 e. The van der Waals surface area contributed by atoms with Crippen LogP contribution in [0, 0.1) is 11.3 Å². The normalized spacial score (nSPS) is 26.0. The highest BCUT2D eigenvalue weighted by Gasteiger charge is 2.50. The van der Waals surface area contributed by atoms with Crippen molar-refractivity contribution in [3.8, 4) is 0 Å². The van der Waals surface area contributed by atoms with Crippen LogP contribution in [0.25, 0.3) is 0 Å². The Kier molecular flexibility index (Phi) is 4.69. The molecule has 0 radical (unpaired) electrons. The topological polar surface area (TPSA) is 62.7 Å². The van der Waals surface area contributed by atoms with E-state index in [1.54, 1.807) is 13.2 Å². The molecule has 3 fully saturated rings. The lowest BCUT2D eigenvalue weighted by Gasteiger charge is -2.39. The molecule has 1 aromatic rings. The first kappa shape index (κ1) is 17.5. The van der Waals surface area contributed by atoms with Crippen LogP contribution >= 0.6 is 0 Å². The van der Waals surface area contributed by atoms with E-state index in [2.05, 4.69) is 9.88 Å². The Morgan fingerprint density at radius 2 is 2.15 bits per heavy atom. The van der Waals surface area contributed by atoms with Crippen molar-refractivity contribution in [1.29, 1.82) is 0 Å². The standard InChI is InChI=1S/C20H27N3O3/c1-26-13-16-4-2-5-17(21-16)18(24)23-11-9-20(14-23)8-3-10-22(19(20)25)12-15-6-7-15/h2,4-5,15H,3,6-14H2,1H3. The molecule has 1 aliphatic carbocycles. The molecule has 26 heavy (non-hydrogen) atoms. The highest BCUT2D eigenvalue weighted by atomic mass is 16.5. The van der Waals surface area contributed by atoms with E-state index < -0.39 is 0 Å². The molecule has 1 unspecified atom stereocenters. The summed E-state index contributed by atoms with van der Waals surface area (Å²) in [7, 11) is 1.61. The Labute approximate surface area is 154 Å². The second-order valence-electron chi connectivity index (χ2n) is 8.00. The van der Waals surface area contributed by atoms with Crippen molar-refractivity contribution in [2.24, 2.45) is 11.3 Å². The third kappa shape index (κ3) is 3.34. The lowest BCUT2D eigenvalue weighted by Crippen LogP contribution is -2.51. The van der Waals surface area contributed by atoms with Gasteiger partial charge in [-0.3, -0.25) is 9.59 Å². The summed E-state index contributed by atoms with van der Waals surface area (Å²) in [5, 5.41) is 0. The predicted octanol–water partition coefficient (Wildman–Crippen LogP) is 2.09. The molecular weight excluding hydrogens is 330 g/mol. The van der Waals surface area contributed by atoms with Gasteiger partial charge in [-0.25, -0.2) is 4.98 Å². The number of hydrogen-bond acceptors (Lipinski definition) is 4. The molecule has 2 aliphatic heterocycles. The summed E-state index contributed by atoms with van der Waals surface area (Å²) in [6.45, 7) is 3.35. The van der Waals surface area contributed by atoms with Gasteiger partial charge < -0.3 is 14.5 Å². The summed E-state index contributed by atoms with van der Waals surface area (Å²) in [4.78, 5) is 34.3. The van der Waals surface area contributed by atoms with E-state index in [-0.39, 0.29) is 17.2 Å². The van der Waals surface area contributed by atoms with Crippen LogP contribution in [0.2, 0.25) is 0 Å². The third-order valence-electron chi connectivity index (χ3n) is 5.96. The van der Waals surface area contributed by atoms with Crippen molar-refractivity contribution >= 4 is 11.8 Å². The molecule has 3 heterocycles. The molecular formula is C20H27N3O3. The first-order valence-electron chi connectivity index (χ1n) is 9.65. The van der Waals surface area contributed by atoms with Crippen LogP contribution in [-0.2, 0) is 16.1 Å². The largest absolute Gasteiger partial charge is 0.378 e. The van der Waals surface area contributed by atoms with E-state index in [0.717, 1.165) is 38.0 Å². The fourth-order valence-corrected chi connectivity index (χ4v) is 4.35. The zero-order valence-corrected chi connectivity index (χ0v) is 15.4. The molecule has 140 valence electrons. The minimum Gasteiger partial charge on any atom is -0.378 e. The Balaban J connectivity index is 1.46. The number of methoxy groups -OCH3 is 1. The molecule has 2 saturated heterocycles. The second-order valence-corrected chi connectivity index (χ2v) is 8.00. The maximum atomic E-state index is 13.1. The van der Waals surface area contributed by atoms with Crippen molar-refractivity contribution in [2.75, 3.05) is 33.3 Å². The van der Waals surface area contributed by atoms with Gasteiger partial charge in [0.1, 0.15) is 5.69 Å². The Morgan fingerprint density at radius 1 is 1.31 bits per heavy atom. The van der Waals surface area contributed by atoms with Gasteiger partial charge in [0.15, 0.2) is 0 Å². The molecule has 6 heteroatoms. The van der Waals surface area contributed by atoms with Crippen molar-refractivity contribution in [1.82, 2.24) is 14.8 Å². The van der Waals surface area contributed by atoms with Gasteiger partial charge >= 0.3 is 0 Å². The predicted molar refractivity (Wildman–Crippen MR) is 96.4 cm³/mol. The van der Waals surface area contributed by atoms with E-state index in [1.807, 2.05) is 17.0 Å². The van der Waals surface area contributed by atoms with Gasteiger partial charge in [0.2, 0.25) is 5.91 Å². The van der Waals surface area contributed by atoms with Gasteiger partial charge in [0.05, 0.1) is 17.7 Å². The van der Waals surface area contributed by atoms with Gasteiger partial charge in [-0.15, -0.1) is 0 Å². The van der Waals surface area contributed by atoms with Gasteiger partial charge in [-0.2, -0.15) is 0 Å². The number of carbonyl (C=O) groups excluding carboxylic acids is 2. The van der Waals surface area contributed by atoms with Crippen LogP contribution in [0.15, 0.2) is 18.2 Å². The molecule has 1 spiro atoms. The molecule has 6 nitrogen and oxygen atoms in total. The molecule has 3 aliphatic rings. The van der Waals surface area contributed by atoms with Gasteiger partial charge in [-0.1, -0.05) is 6.07 Å². The van der Waals surface area contributed by atoms with E-state index >= 15 is 0 Å². The quantitative estimate of drug-likeness (QED) is 0.810. The van der Waals surface area contributed by atoms with Gasteiger partial charge in [0, 0.05) is 33.3 Å². The average Bonchev–Trinajstić information content (AvgIpc) is 3.37. The number of ether oxygens (including phenoxy) is 1. The van der Waals surface area contributed by atoms with E-state index in [9.17, 15) is 9.59 Å². The zero-order valence-electron chi connectivity index (χ0n) is 15.4. The SMILES string of the molecule is COCc1cccc(C(=O)N2CCC3(CCCN(CC4CC4)C3=O)C2)n1. The molecule has 2 amide bonds. The molecule has 1 aromatic heterocycles. The molecule has 1 atom stereocenters. The fraction of sp³-hybridized carbons (Fsp3) is 0.650. The number of carbonyl (C=O) groups is 2. The number of amides is 2. The lowest BCUT2D eigenvalue weighted by molar-refractivity contribution is -0.145. The van der Waals surface area contributed by atoms with Crippen LogP contribution < -0.4 is 0 Å². The number of pyridine rings is 1. The first-order chi connectivity index (χ1) is 12.6. The molecule has 0 bridgehead atoms. The maximum absolute atomic E-state index is 13.1. The van der Waals surface area contributed by atoms with E-state index in [0.29, 0.717) is 31.3 Å². The third-order valence-corrected chi connectivity index (χ3v) is 5.96. The lowest BCUT2D eigenvalue weighted by atomic mass is 9.78. The summed E-state index contributed by atoms with van der Waals surface area (Å²) < 4.78 is 5.10. The summed E-state index contributed by atoms with van der Waals surface area (Å²) in [6, 6.07) is 5.43. The molecule has 0 aromatic carbocycles. The van der Waals surface area contributed by atoms with Crippen LogP contribution in [-0.4, -0.2) is 59.9 Å². The van der Waals surface area contributed by atoms with Crippen molar-refractivity contribution in [3.05, 3.63) is 29.6 Å². The van der Waals surface area contributed by atoms with Crippen LogP contribution in [0.3, 0.4) is 0 Å². The summed E-state index contributed by atoms with van der Waals surface area (Å²) in [5.74, 6) is 0.903. The van der Waals surface area contributed by atoms with Crippen molar-refractivity contribution in [2.45, 2.75) is 38.7 Å². The molecule has 1 saturated carbocycles. The van der Waals surface area contributed by atoms with Crippen molar-refractivity contribution in [3.63, 3.8) is 0 Å². The van der Waals surface area contributed by atoms with Gasteiger partial charge in [-0.05, 0) is 50.2 Å². The van der Waals surface area contributed by atoms with Crippen LogP contribution in [0.1, 0.15) is 48.3 Å². The number of piperidine rings is 1. The van der Waals surface area contributed by atoms with E-state index in [1.165, 1.54) is 12.8 Å². The summed E-state index contributed by atoms with van der Waals surface area (Å²) >= 11 is 0. The number of likely N-dealkylation sites (tertiary alicyclic amines) is 2. The number of rotatable bonds is 5. The minimum absolute atomic E-state index is 0.0769.